The third-order valence-electron chi connectivity index (χ3n) is 4.55. The predicted octanol–water partition coefficient (Wildman–Crippen LogP) is 1.86. The van der Waals surface area contributed by atoms with Gasteiger partial charge >= 0.3 is 0 Å². The Balaban J connectivity index is 1.72. The number of rotatable bonds is 5. The standard InChI is InChI=1S/C17H24N6O/c1-12-20-14(11-16(18-2)21-12)15-5-4-10-23(15)17(24)7-6-13-8-9-19-22(13)3/h8-9,11,15H,4-7,10H2,1-3H3,(H,18,20,21)/t15-/m0/s1. The first-order chi connectivity index (χ1) is 11.6. The molecule has 0 aromatic carbocycles. The van der Waals surface area contributed by atoms with E-state index in [1.807, 2.05) is 42.7 Å². The number of carbonyl (C=O) groups excluding carboxylic acids is 1. The molecule has 2 aromatic heterocycles. The SMILES string of the molecule is CNc1cc([C@@H]2CCCN2C(=O)CCc2ccnn2C)nc(C)n1. The lowest BCUT2D eigenvalue weighted by Crippen LogP contribution is -2.31. The van der Waals surface area contributed by atoms with Crippen LogP contribution in [0.3, 0.4) is 0 Å². The lowest BCUT2D eigenvalue weighted by molar-refractivity contribution is -0.132. The molecule has 1 atom stereocenters. The van der Waals surface area contributed by atoms with Gasteiger partial charge in [0.15, 0.2) is 0 Å². The molecule has 1 fully saturated rings. The molecule has 128 valence electrons. The summed E-state index contributed by atoms with van der Waals surface area (Å²) in [6.07, 6.45) is 4.95. The maximum Gasteiger partial charge on any atom is 0.223 e. The number of carbonyl (C=O) groups is 1. The van der Waals surface area contributed by atoms with Crippen molar-refractivity contribution in [3.63, 3.8) is 0 Å². The van der Waals surface area contributed by atoms with Crippen molar-refractivity contribution >= 4 is 11.7 Å². The molecule has 1 saturated heterocycles. The topological polar surface area (TPSA) is 75.9 Å². The number of anilines is 1. The van der Waals surface area contributed by atoms with E-state index in [0.29, 0.717) is 12.8 Å². The summed E-state index contributed by atoms with van der Waals surface area (Å²) in [6.45, 7) is 2.68. The number of aromatic nitrogens is 4. The minimum absolute atomic E-state index is 0.0536. The van der Waals surface area contributed by atoms with E-state index in [4.69, 9.17) is 0 Å². The number of hydrogen-bond acceptors (Lipinski definition) is 5. The lowest BCUT2D eigenvalue weighted by atomic mass is 10.1. The van der Waals surface area contributed by atoms with Crippen LogP contribution >= 0.6 is 0 Å². The zero-order chi connectivity index (χ0) is 17.1. The van der Waals surface area contributed by atoms with Crippen LogP contribution in [-0.2, 0) is 18.3 Å². The van der Waals surface area contributed by atoms with E-state index in [1.165, 1.54) is 0 Å². The molecule has 1 aliphatic heterocycles. The fourth-order valence-corrected chi connectivity index (χ4v) is 3.29. The van der Waals surface area contributed by atoms with E-state index in [2.05, 4.69) is 20.4 Å². The lowest BCUT2D eigenvalue weighted by Gasteiger charge is -2.25. The average molecular weight is 328 g/mol. The molecule has 7 heteroatoms. The van der Waals surface area contributed by atoms with E-state index in [0.717, 1.165) is 42.4 Å². The molecule has 24 heavy (non-hydrogen) atoms. The van der Waals surface area contributed by atoms with Gasteiger partial charge in [-0.05, 0) is 32.3 Å². The highest BCUT2D eigenvalue weighted by Gasteiger charge is 2.31. The Morgan fingerprint density at radius 1 is 1.42 bits per heavy atom. The van der Waals surface area contributed by atoms with E-state index in [9.17, 15) is 4.79 Å². The first kappa shape index (κ1) is 16.4. The largest absolute Gasteiger partial charge is 0.373 e. The molecule has 3 rings (SSSR count). The Kier molecular flexibility index (Phi) is 4.78. The highest BCUT2D eigenvalue weighted by atomic mass is 16.2. The predicted molar refractivity (Wildman–Crippen MR) is 91.5 cm³/mol. The Hall–Kier alpha value is -2.44. The van der Waals surface area contributed by atoms with Crippen LogP contribution in [0.5, 0.6) is 0 Å². The van der Waals surface area contributed by atoms with Gasteiger partial charge in [0, 0.05) is 45.0 Å². The summed E-state index contributed by atoms with van der Waals surface area (Å²) in [5.74, 6) is 1.71. The number of hydrogen-bond donors (Lipinski definition) is 1. The van der Waals surface area contributed by atoms with Crippen molar-refractivity contribution in [1.29, 1.82) is 0 Å². The van der Waals surface area contributed by atoms with Crippen molar-refractivity contribution in [3.05, 3.63) is 35.5 Å². The molecule has 1 aliphatic rings. The second kappa shape index (κ2) is 6.98. The molecule has 0 unspecified atom stereocenters. The van der Waals surface area contributed by atoms with Gasteiger partial charge in [0.1, 0.15) is 11.6 Å². The summed E-state index contributed by atoms with van der Waals surface area (Å²) < 4.78 is 1.82. The van der Waals surface area contributed by atoms with Crippen molar-refractivity contribution in [1.82, 2.24) is 24.6 Å². The van der Waals surface area contributed by atoms with Gasteiger partial charge < -0.3 is 10.2 Å². The maximum atomic E-state index is 12.7. The molecule has 1 amide bonds. The fourth-order valence-electron chi connectivity index (χ4n) is 3.29. The van der Waals surface area contributed by atoms with Crippen LogP contribution in [-0.4, -0.2) is 44.1 Å². The second-order valence-corrected chi connectivity index (χ2v) is 6.17. The minimum Gasteiger partial charge on any atom is -0.373 e. The van der Waals surface area contributed by atoms with Gasteiger partial charge in [-0.2, -0.15) is 5.10 Å². The van der Waals surface area contributed by atoms with Gasteiger partial charge in [0.05, 0.1) is 11.7 Å². The molecule has 0 aliphatic carbocycles. The zero-order valence-corrected chi connectivity index (χ0v) is 14.5. The molecule has 0 saturated carbocycles. The summed E-state index contributed by atoms with van der Waals surface area (Å²) in [5.41, 5.74) is 2.01. The molecule has 0 spiro atoms. The van der Waals surface area contributed by atoms with Crippen molar-refractivity contribution < 1.29 is 4.79 Å². The van der Waals surface area contributed by atoms with Gasteiger partial charge in [0.2, 0.25) is 5.91 Å². The van der Waals surface area contributed by atoms with E-state index in [-0.39, 0.29) is 11.9 Å². The number of nitrogens with zero attached hydrogens (tertiary/aromatic N) is 5. The maximum absolute atomic E-state index is 12.7. The summed E-state index contributed by atoms with van der Waals surface area (Å²) >= 11 is 0. The zero-order valence-electron chi connectivity index (χ0n) is 14.5. The Morgan fingerprint density at radius 2 is 2.25 bits per heavy atom. The first-order valence-electron chi connectivity index (χ1n) is 8.38. The summed E-state index contributed by atoms with van der Waals surface area (Å²) in [6, 6.07) is 3.96. The highest BCUT2D eigenvalue weighted by Crippen LogP contribution is 2.32. The van der Waals surface area contributed by atoms with Gasteiger partial charge in [-0.15, -0.1) is 0 Å². The van der Waals surface area contributed by atoms with Gasteiger partial charge in [-0.1, -0.05) is 0 Å². The van der Waals surface area contributed by atoms with Crippen LogP contribution in [0.2, 0.25) is 0 Å². The Labute approximate surface area is 142 Å². The fraction of sp³-hybridized carbons (Fsp3) is 0.529. The third-order valence-corrected chi connectivity index (χ3v) is 4.55. The highest BCUT2D eigenvalue weighted by molar-refractivity contribution is 5.77. The van der Waals surface area contributed by atoms with Crippen molar-refractivity contribution in [2.24, 2.45) is 7.05 Å². The van der Waals surface area contributed by atoms with Gasteiger partial charge in [-0.25, -0.2) is 9.97 Å². The molecule has 0 bridgehead atoms. The number of amides is 1. The van der Waals surface area contributed by atoms with Gasteiger partial charge in [0.25, 0.3) is 0 Å². The van der Waals surface area contributed by atoms with E-state index >= 15 is 0 Å². The van der Waals surface area contributed by atoms with Crippen LogP contribution < -0.4 is 5.32 Å². The van der Waals surface area contributed by atoms with Crippen molar-refractivity contribution in [3.8, 4) is 0 Å². The molecule has 1 N–H and O–H groups in total. The van der Waals surface area contributed by atoms with Crippen molar-refractivity contribution in [2.45, 2.75) is 38.6 Å². The smallest absolute Gasteiger partial charge is 0.223 e. The molecular formula is C17H24N6O. The Morgan fingerprint density at radius 3 is 2.96 bits per heavy atom. The van der Waals surface area contributed by atoms with E-state index < -0.39 is 0 Å². The van der Waals surface area contributed by atoms with Crippen LogP contribution in [0.4, 0.5) is 5.82 Å². The van der Waals surface area contributed by atoms with Crippen LogP contribution in [0.1, 0.15) is 42.5 Å². The average Bonchev–Trinajstić information content (AvgIpc) is 3.21. The normalized spacial score (nSPS) is 17.3. The molecule has 7 nitrogen and oxygen atoms in total. The number of likely N-dealkylation sites (tertiary alicyclic amines) is 1. The first-order valence-corrected chi connectivity index (χ1v) is 8.38. The second-order valence-electron chi connectivity index (χ2n) is 6.17. The summed E-state index contributed by atoms with van der Waals surface area (Å²) in [7, 11) is 3.75. The monoisotopic (exact) mass is 328 g/mol. The van der Waals surface area contributed by atoms with Gasteiger partial charge in [-0.3, -0.25) is 9.48 Å². The quantitative estimate of drug-likeness (QED) is 0.906. The molecular weight excluding hydrogens is 304 g/mol. The minimum atomic E-state index is 0.0536. The van der Waals surface area contributed by atoms with E-state index in [1.54, 1.807) is 6.20 Å². The van der Waals surface area contributed by atoms with Crippen LogP contribution in [0.25, 0.3) is 0 Å². The number of nitrogens with one attached hydrogen (secondary N) is 1. The molecule has 0 radical (unpaired) electrons. The molecule has 2 aromatic rings. The Bertz CT molecular complexity index is 726. The molecule has 3 heterocycles. The van der Waals surface area contributed by atoms with Crippen LogP contribution in [0.15, 0.2) is 18.3 Å². The third kappa shape index (κ3) is 3.39. The summed E-state index contributed by atoms with van der Waals surface area (Å²) in [4.78, 5) is 23.6. The van der Waals surface area contributed by atoms with Crippen LogP contribution in [0, 0.1) is 6.92 Å². The summed E-state index contributed by atoms with van der Waals surface area (Å²) in [5, 5.41) is 7.21. The number of aryl methyl sites for hydroxylation is 3. The van der Waals surface area contributed by atoms with Crippen molar-refractivity contribution in [2.75, 3.05) is 18.9 Å².